The van der Waals surface area contributed by atoms with Crippen LogP contribution < -0.4 is 5.32 Å². The predicted octanol–water partition coefficient (Wildman–Crippen LogP) is 3.13. The fraction of sp³-hybridized carbons (Fsp3) is 0.214. The molecule has 1 aromatic heterocycles. The van der Waals surface area contributed by atoms with Crippen molar-refractivity contribution < 1.29 is 18.3 Å². The standard InChI is InChI=1S/C14H14FNO3/c1-9-3-4-11(6-13(9)15)16-7-12-5-10(8-19-12)14(17)18-2/h3-6,8,16H,7H2,1-2H3. The van der Waals surface area contributed by atoms with Gasteiger partial charge in [-0.2, -0.15) is 0 Å². The molecule has 0 atom stereocenters. The quantitative estimate of drug-likeness (QED) is 0.861. The minimum Gasteiger partial charge on any atom is -0.467 e. The van der Waals surface area contributed by atoms with Gasteiger partial charge in [-0.05, 0) is 30.7 Å². The molecule has 100 valence electrons. The minimum absolute atomic E-state index is 0.264. The number of hydrogen-bond acceptors (Lipinski definition) is 4. The molecule has 4 nitrogen and oxygen atoms in total. The number of hydrogen-bond donors (Lipinski definition) is 1. The van der Waals surface area contributed by atoms with Crippen LogP contribution in [0.25, 0.3) is 0 Å². The average molecular weight is 263 g/mol. The Morgan fingerprint density at radius 1 is 1.42 bits per heavy atom. The molecule has 0 spiro atoms. The average Bonchev–Trinajstić information content (AvgIpc) is 2.88. The van der Waals surface area contributed by atoms with Crippen LogP contribution in [0.1, 0.15) is 21.7 Å². The highest BCUT2D eigenvalue weighted by Gasteiger charge is 2.10. The van der Waals surface area contributed by atoms with Crippen LogP contribution in [-0.2, 0) is 11.3 Å². The molecule has 19 heavy (non-hydrogen) atoms. The molecule has 2 rings (SSSR count). The maximum atomic E-state index is 13.3. The zero-order valence-corrected chi connectivity index (χ0v) is 10.7. The van der Waals surface area contributed by atoms with Crippen LogP contribution in [0.2, 0.25) is 0 Å². The summed E-state index contributed by atoms with van der Waals surface area (Å²) in [5.74, 6) is -0.141. The van der Waals surface area contributed by atoms with Gasteiger partial charge < -0.3 is 14.5 Å². The molecule has 1 heterocycles. The fourth-order valence-corrected chi connectivity index (χ4v) is 1.59. The van der Waals surface area contributed by atoms with Gasteiger partial charge in [-0.3, -0.25) is 0 Å². The molecule has 0 aliphatic rings. The number of furan rings is 1. The van der Waals surface area contributed by atoms with Gasteiger partial charge in [0.1, 0.15) is 17.8 Å². The number of carbonyl (C=O) groups is 1. The molecule has 0 saturated heterocycles. The first kappa shape index (κ1) is 13.1. The van der Waals surface area contributed by atoms with Crippen LogP contribution >= 0.6 is 0 Å². The molecule has 0 amide bonds. The van der Waals surface area contributed by atoms with Gasteiger partial charge in [0.2, 0.25) is 0 Å². The van der Waals surface area contributed by atoms with Crippen molar-refractivity contribution in [2.75, 3.05) is 12.4 Å². The number of methoxy groups -OCH3 is 1. The first-order valence-corrected chi connectivity index (χ1v) is 5.76. The maximum Gasteiger partial charge on any atom is 0.341 e. The third kappa shape index (κ3) is 3.13. The normalized spacial score (nSPS) is 10.3. The van der Waals surface area contributed by atoms with E-state index < -0.39 is 5.97 Å². The van der Waals surface area contributed by atoms with Crippen LogP contribution in [0.3, 0.4) is 0 Å². The molecule has 5 heteroatoms. The second-order valence-corrected chi connectivity index (χ2v) is 4.11. The summed E-state index contributed by atoms with van der Waals surface area (Å²) in [5.41, 5.74) is 1.60. The zero-order chi connectivity index (χ0) is 13.8. The SMILES string of the molecule is COC(=O)c1coc(CNc2ccc(C)c(F)c2)c1. The van der Waals surface area contributed by atoms with Gasteiger partial charge in [0.05, 0.1) is 19.2 Å². The molecule has 0 saturated carbocycles. The Bertz CT molecular complexity index is 592. The van der Waals surface area contributed by atoms with Crippen LogP contribution in [-0.4, -0.2) is 13.1 Å². The van der Waals surface area contributed by atoms with E-state index in [9.17, 15) is 9.18 Å². The monoisotopic (exact) mass is 263 g/mol. The number of ether oxygens (including phenoxy) is 1. The van der Waals surface area contributed by atoms with Crippen molar-refractivity contribution in [3.63, 3.8) is 0 Å². The third-order valence-electron chi connectivity index (χ3n) is 2.71. The first-order chi connectivity index (χ1) is 9.10. The molecule has 0 fully saturated rings. The predicted molar refractivity (Wildman–Crippen MR) is 68.5 cm³/mol. The van der Waals surface area contributed by atoms with Gasteiger partial charge >= 0.3 is 5.97 Å². The third-order valence-corrected chi connectivity index (χ3v) is 2.71. The summed E-state index contributed by atoms with van der Waals surface area (Å²) in [6, 6.07) is 6.48. The van der Waals surface area contributed by atoms with Crippen molar-refractivity contribution in [3.05, 3.63) is 53.2 Å². The molecule has 0 unspecified atom stereocenters. The number of carbonyl (C=O) groups excluding carboxylic acids is 1. The van der Waals surface area contributed by atoms with Gasteiger partial charge in [0, 0.05) is 5.69 Å². The zero-order valence-electron chi connectivity index (χ0n) is 10.7. The van der Waals surface area contributed by atoms with Crippen molar-refractivity contribution in [1.29, 1.82) is 0 Å². The van der Waals surface area contributed by atoms with E-state index in [2.05, 4.69) is 10.1 Å². The molecule has 1 aromatic carbocycles. The van der Waals surface area contributed by atoms with Crippen molar-refractivity contribution >= 4 is 11.7 Å². The molecule has 0 radical (unpaired) electrons. The number of rotatable bonds is 4. The van der Waals surface area contributed by atoms with E-state index in [1.54, 1.807) is 25.1 Å². The summed E-state index contributed by atoms with van der Waals surface area (Å²) in [6.45, 7) is 2.06. The van der Waals surface area contributed by atoms with Crippen molar-refractivity contribution in [3.8, 4) is 0 Å². The van der Waals surface area contributed by atoms with E-state index in [4.69, 9.17) is 4.42 Å². The summed E-state index contributed by atoms with van der Waals surface area (Å²) >= 11 is 0. The van der Waals surface area contributed by atoms with E-state index >= 15 is 0 Å². The summed E-state index contributed by atoms with van der Waals surface area (Å²) in [4.78, 5) is 11.2. The molecule has 0 bridgehead atoms. The van der Waals surface area contributed by atoms with Gasteiger partial charge in [-0.15, -0.1) is 0 Å². The lowest BCUT2D eigenvalue weighted by Gasteiger charge is -2.05. The van der Waals surface area contributed by atoms with Gasteiger partial charge in [0.15, 0.2) is 0 Å². The highest BCUT2D eigenvalue weighted by Crippen LogP contribution is 2.16. The summed E-state index contributed by atoms with van der Waals surface area (Å²) in [7, 11) is 1.31. The molecule has 0 aliphatic heterocycles. The lowest BCUT2D eigenvalue weighted by atomic mass is 10.2. The Morgan fingerprint density at radius 3 is 2.89 bits per heavy atom. The second kappa shape index (κ2) is 5.56. The smallest absolute Gasteiger partial charge is 0.341 e. The van der Waals surface area contributed by atoms with E-state index in [0.717, 1.165) is 0 Å². The van der Waals surface area contributed by atoms with Gasteiger partial charge in [-0.1, -0.05) is 6.07 Å². The molecule has 2 aromatic rings. The topological polar surface area (TPSA) is 51.5 Å². The summed E-state index contributed by atoms with van der Waals surface area (Å²) in [5, 5.41) is 3.01. The summed E-state index contributed by atoms with van der Waals surface area (Å²) < 4.78 is 23.1. The Morgan fingerprint density at radius 2 is 2.21 bits per heavy atom. The lowest BCUT2D eigenvalue weighted by molar-refractivity contribution is 0.0600. The van der Waals surface area contributed by atoms with E-state index in [1.807, 2.05) is 0 Å². The molecule has 0 aliphatic carbocycles. The number of anilines is 1. The van der Waals surface area contributed by atoms with E-state index in [-0.39, 0.29) is 5.82 Å². The highest BCUT2D eigenvalue weighted by atomic mass is 19.1. The Kier molecular flexibility index (Phi) is 3.85. The van der Waals surface area contributed by atoms with E-state index in [0.29, 0.717) is 29.1 Å². The van der Waals surface area contributed by atoms with Gasteiger partial charge in [0.25, 0.3) is 0 Å². The molecular formula is C14H14FNO3. The van der Waals surface area contributed by atoms with Gasteiger partial charge in [-0.25, -0.2) is 9.18 Å². The summed E-state index contributed by atoms with van der Waals surface area (Å²) in [6.07, 6.45) is 1.33. The van der Waals surface area contributed by atoms with Crippen LogP contribution in [0.5, 0.6) is 0 Å². The lowest BCUT2D eigenvalue weighted by Crippen LogP contribution is -2.00. The van der Waals surface area contributed by atoms with E-state index in [1.165, 1.54) is 19.4 Å². The number of aryl methyl sites for hydroxylation is 1. The molecule has 1 N–H and O–H groups in total. The number of halogens is 1. The first-order valence-electron chi connectivity index (χ1n) is 5.76. The van der Waals surface area contributed by atoms with Crippen molar-refractivity contribution in [2.45, 2.75) is 13.5 Å². The minimum atomic E-state index is -0.448. The number of esters is 1. The molecular weight excluding hydrogens is 249 g/mol. The largest absolute Gasteiger partial charge is 0.467 e. The highest BCUT2D eigenvalue weighted by molar-refractivity contribution is 5.88. The number of nitrogens with one attached hydrogen (secondary N) is 1. The maximum absolute atomic E-state index is 13.3. The number of benzene rings is 1. The van der Waals surface area contributed by atoms with Crippen molar-refractivity contribution in [1.82, 2.24) is 0 Å². The Balaban J connectivity index is 2.00. The second-order valence-electron chi connectivity index (χ2n) is 4.11. The van der Waals surface area contributed by atoms with Crippen LogP contribution in [0.4, 0.5) is 10.1 Å². The van der Waals surface area contributed by atoms with Crippen LogP contribution in [0, 0.1) is 12.7 Å². The van der Waals surface area contributed by atoms with Crippen LogP contribution in [0.15, 0.2) is 34.9 Å². The Labute approximate surface area is 110 Å². The fourth-order valence-electron chi connectivity index (χ4n) is 1.59. The van der Waals surface area contributed by atoms with Crippen molar-refractivity contribution in [2.24, 2.45) is 0 Å². The Hall–Kier alpha value is -2.30.